The maximum Gasteiger partial charge on any atom is 0.340 e. The van der Waals surface area contributed by atoms with Crippen molar-refractivity contribution < 1.29 is 19.4 Å². The fourth-order valence-corrected chi connectivity index (χ4v) is 4.65. The third-order valence-electron chi connectivity index (χ3n) is 6.38. The molecule has 144 valence electrons. The average Bonchev–Trinajstić information content (AvgIpc) is 2.63. The molecule has 2 fully saturated rings. The van der Waals surface area contributed by atoms with E-state index < -0.39 is 11.2 Å². The zero-order valence-electron chi connectivity index (χ0n) is 15.5. The standard InChI is InChI=1S/C21H25NO5/c1-13-16-6-5-15(23)10-18(16)27-20(25)17(13)11-19(24)22-9-8-21(26)7-3-2-4-14(21)12-22/h5-6,10,14,23,26H,2-4,7-9,11-12H2,1H3/t14-,21+/m0/s1. The van der Waals surface area contributed by atoms with Gasteiger partial charge in [-0.15, -0.1) is 0 Å². The number of aromatic hydroxyl groups is 1. The number of hydrogen-bond acceptors (Lipinski definition) is 5. The number of rotatable bonds is 2. The Hall–Kier alpha value is -2.34. The Morgan fingerprint density at radius 1 is 1.33 bits per heavy atom. The number of benzene rings is 1. The molecule has 2 aromatic rings. The van der Waals surface area contributed by atoms with Crippen molar-refractivity contribution in [2.75, 3.05) is 13.1 Å². The highest BCUT2D eigenvalue weighted by atomic mass is 16.4. The second-order valence-corrected chi connectivity index (χ2v) is 7.99. The fourth-order valence-electron chi connectivity index (χ4n) is 4.65. The first-order valence-electron chi connectivity index (χ1n) is 9.63. The van der Waals surface area contributed by atoms with Crippen LogP contribution < -0.4 is 5.63 Å². The first-order chi connectivity index (χ1) is 12.9. The molecule has 2 aliphatic rings. The lowest BCUT2D eigenvalue weighted by molar-refractivity contribution is -0.142. The van der Waals surface area contributed by atoms with Gasteiger partial charge in [0.1, 0.15) is 11.3 Å². The van der Waals surface area contributed by atoms with Gasteiger partial charge in [-0.1, -0.05) is 12.8 Å². The normalized spacial score (nSPS) is 25.4. The number of aryl methyl sites for hydroxylation is 1. The molecule has 1 saturated carbocycles. The van der Waals surface area contributed by atoms with Gasteiger partial charge in [-0.3, -0.25) is 4.79 Å². The molecular weight excluding hydrogens is 346 g/mol. The van der Waals surface area contributed by atoms with Crippen LogP contribution in [0.25, 0.3) is 11.0 Å². The Balaban J connectivity index is 1.56. The highest BCUT2D eigenvalue weighted by molar-refractivity contribution is 5.85. The van der Waals surface area contributed by atoms with Crippen LogP contribution in [0, 0.1) is 12.8 Å². The Labute approximate surface area is 157 Å². The van der Waals surface area contributed by atoms with E-state index in [1.165, 1.54) is 12.1 Å². The minimum absolute atomic E-state index is 0.00384. The van der Waals surface area contributed by atoms with Crippen LogP contribution in [0.4, 0.5) is 0 Å². The molecule has 6 nitrogen and oxygen atoms in total. The van der Waals surface area contributed by atoms with Crippen molar-refractivity contribution in [3.63, 3.8) is 0 Å². The first-order valence-corrected chi connectivity index (χ1v) is 9.63. The van der Waals surface area contributed by atoms with Gasteiger partial charge in [-0.05, 0) is 43.9 Å². The van der Waals surface area contributed by atoms with Crippen molar-refractivity contribution in [2.45, 2.75) is 51.0 Å². The third kappa shape index (κ3) is 3.23. The van der Waals surface area contributed by atoms with Crippen LogP contribution in [-0.4, -0.2) is 39.7 Å². The summed E-state index contributed by atoms with van der Waals surface area (Å²) in [5.74, 6) is 0.0550. The minimum atomic E-state index is -0.630. The number of hydrogen-bond donors (Lipinski definition) is 2. The summed E-state index contributed by atoms with van der Waals surface area (Å²) in [7, 11) is 0. The van der Waals surface area contributed by atoms with Gasteiger partial charge in [-0.2, -0.15) is 0 Å². The Kier molecular flexibility index (Phi) is 4.46. The average molecular weight is 371 g/mol. The highest BCUT2D eigenvalue weighted by Gasteiger charge is 2.43. The largest absolute Gasteiger partial charge is 0.508 e. The molecule has 1 aliphatic carbocycles. The summed E-state index contributed by atoms with van der Waals surface area (Å²) in [6, 6.07) is 4.64. The SMILES string of the molecule is Cc1c(CC(=O)N2CC[C@]3(O)CCCC[C@H]3C2)c(=O)oc2cc(O)ccc12. The minimum Gasteiger partial charge on any atom is -0.508 e. The van der Waals surface area contributed by atoms with E-state index in [0.29, 0.717) is 36.2 Å². The van der Waals surface area contributed by atoms with Gasteiger partial charge in [0.05, 0.1) is 17.6 Å². The molecule has 1 aliphatic heterocycles. The summed E-state index contributed by atoms with van der Waals surface area (Å²) in [5.41, 5.74) is 0.224. The van der Waals surface area contributed by atoms with Crippen LogP contribution in [0.15, 0.2) is 27.4 Å². The van der Waals surface area contributed by atoms with Crippen LogP contribution in [0.3, 0.4) is 0 Å². The number of carbonyl (C=O) groups is 1. The first kappa shape index (κ1) is 18.0. The van der Waals surface area contributed by atoms with Crippen LogP contribution in [0.2, 0.25) is 0 Å². The number of nitrogens with zero attached hydrogens (tertiary/aromatic N) is 1. The number of amides is 1. The summed E-state index contributed by atoms with van der Waals surface area (Å²) in [6.07, 6.45) is 4.51. The topological polar surface area (TPSA) is 91.0 Å². The molecule has 0 unspecified atom stereocenters. The van der Waals surface area contributed by atoms with E-state index >= 15 is 0 Å². The van der Waals surface area contributed by atoms with Gasteiger partial charge in [0.15, 0.2) is 0 Å². The van der Waals surface area contributed by atoms with Crippen LogP contribution in [-0.2, 0) is 11.2 Å². The molecule has 2 N–H and O–H groups in total. The second kappa shape index (κ2) is 6.68. The van der Waals surface area contributed by atoms with Crippen molar-refractivity contribution in [3.05, 3.63) is 39.7 Å². The van der Waals surface area contributed by atoms with Gasteiger partial charge < -0.3 is 19.5 Å². The van der Waals surface area contributed by atoms with Crippen molar-refractivity contribution >= 4 is 16.9 Å². The zero-order valence-corrected chi connectivity index (χ0v) is 15.5. The van der Waals surface area contributed by atoms with Crippen LogP contribution in [0.1, 0.15) is 43.2 Å². The highest BCUT2D eigenvalue weighted by Crippen LogP contribution is 2.39. The molecule has 4 rings (SSSR count). The van der Waals surface area contributed by atoms with Crippen molar-refractivity contribution in [1.29, 1.82) is 0 Å². The fraction of sp³-hybridized carbons (Fsp3) is 0.524. The lowest BCUT2D eigenvalue weighted by atomic mass is 9.71. The Bertz CT molecular complexity index is 949. The lowest BCUT2D eigenvalue weighted by Crippen LogP contribution is -2.55. The van der Waals surface area contributed by atoms with Gasteiger partial charge in [0.25, 0.3) is 0 Å². The molecule has 0 bridgehead atoms. The van der Waals surface area contributed by atoms with E-state index in [1.54, 1.807) is 17.9 Å². The molecule has 1 aromatic carbocycles. The number of fused-ring (bicyclic) bond motifs is 2. The smallest absolute Gasteiger partial charge is 0.340 e. The van der Waals surface area contributed by atoms with E-state index in [1.807, 2.05) is 0 Å². The zero-order chi connectivity index (χ0) is 19.2. The Morgan fingerprint density at radius 3 is 2.96 bits per heavy atom. The predicted octanol–water partition coefficient (Wildman–Crippen LogP) is 2.50. The molecule has 2 heterocycles. The molecule has 0 radical (unpaired) electrons. The van der Waals surface area contributed by atoms with Crippen molar-refractivity contribution in [2.24, 2.45) is 5.92 Å². The predicted molar refractivity (Wildman–Crippen MR) is 101 cm³/mol. The number of piperidine rings is 1. The number of phenolic OH excluding ortho intramolecular Hbond substituents is 1. The van der Waals surface area contributed by atoms with E-state index in [2.05, 4.69) is 0 Å². The lowest BCUT2D eigenvalue weighted by Gasteiger charge is -2.47. The van der Waals surface area contributed by atoms with Crippen LogP contribution >= 0.6 is 0 Å². The van der Waals surface area contributed by atoms with E-state index in [0.717, 1.165) is 31.1 Å². The third-order valence-corrected chi connectivity index (χ3v) is 6.38. The molecule has 0 spiro atoms. The van der Waals surface area contributed by atoms with Gasteiger partial charge in [-0.25, -0.2) is 4.79 Å². The van der Waals surface area contributed by atoms with Gasteiger partial charge >= 0.3 is 5.63 Å². The monoisotopic (exact) mass is 371 g/mol. The molecule has 2 atom stereocenters. The summed E-state index contributed by atoms with van der Waals surface area (Å²) in [4.78, 5) is 27.1. The molecule has 1 aromatic heterocycles. The van der Waals surface area contributed by atoms with E-state index in [4.69, 9.17) is 4.42 Å². The number of aliphatic hydroxyl groups is 1. The maximum atomic E-state index is 12.9. The van der Waals surface area contributed by atoms with Crippen molar-refractivity contribution in [3.8, 4) is 5.75 Å². The summed E-state index contributed by atoms with van der Waals surface area (Å²) < 4.78 is 5.32. The quantitative estimate of drug-likeness (QED) is 0.792. The van der Waals surface area contributed by atoms with Crippen molar-refractivity contribution in [1.82, 2.24) is 4.90 Å². The Morgan fingerprint density at radius 2 is 2.15 bits per heavy atom. The maximum absolute atomic E-state index is 12.9. The summed E-state index contributed by atoms with van der Waals surface area (Å²) in [5, 5.41) is 21.1. The van der Waals surface area contributed by atoms with Gasteiger partial charge in [0.2, 0.25) is 5.91 Å². The number of likely N-dealkylation sites (tertiary alicyclic amines) is 1. The van der Waals surface area contributed by atoms with Gasteiger partial charge in [0, 0.05) is 30.5 Å². The number of carbonyl (C=O) groups excluding carboxylic acids is 1. The summed E-state index contributed by atoms with van der Waals surface area (Å²) in [6.45, 7) is 2.88. The molecule has 1 amide bonds. The second-order valence-electron chi connectivity index (χ2n) is 7.99. The van der Waals surface area contributed by atoms with Crippen LogP contribution in [0.5, 0.6) is 5.75 Å². The van der Waals surface area contributed by atoms with E-state index in [-0.39, 0.29) is 24.0 Å². The molecule has 6 heteroatoms. The molecule has 27 heavy (non-hydrogen) atoms. The summed E-state index contributed by atoms with van der Waals surface area (Å²) >= 11 is 0. The number of phenols is 1. The molecule has 1 saturated heterocycles. The van der Waals surface area contributed by atoms with E-state index in [9.17, 15) is 19.8 Å². The molecular formula is C21H25NO5.